The van der Waals surface area contributed by atoms with E-state index in [2.05, 4.69) is 57.3 Å². The third-order valence-corrected chi connectivity index (χ3v) is 8.14. The van der Waals surface area contributed by atoms with Crippen LogP contribution >= 0.6 is 22.7 Å². The maximum Gasteiger partial charge on any atom is 0.226 e. The van der Waals surface area contributed by atoms with Gasteiger partial charge in [-0.15, -0.1) is 11.3 Å². The normalized spacial score (nSPS) is 16.7. The van der Waals surface area contributed by atoms with Crippen molar-refractivity contribution in [1.29, 1.82) is 0 Å². The van der Waals surface area contributed by atoms with Gasteiger partial charge in [0.1, 0.15) is 5.82 Å². The Hall–Kier alpha value is -2.51. The maximum atomic E-state index is 12.7. The third kappa shape index (κ3) is 3.17. The molecule has 0 bridgehead atoms. The molecule has 4 heterocycles. The summed E-state index contributed by atoms with van der Waals surface area (Å²) in [6.45, 7) is 10.8. The fraction of sp³-hybridized carbons (Fsp3) is 0.348. The van der Waals surface area contributed by atoms with Crippen molar-refractivity contribution < 1.29 is 4.79 Å². The number of benzene rings is 1. The quantitative estimate of drug-likeness (QED) is 0.423. The van der Waals surface area contributed by atoms with Gasteiger partial charge in [-0.3, -0.25) is 4.79 Å². The number of anilines is 1. The van der Waals surface area contributed by atoms with E-state index in [4.69, 9.17) is 10.1 Å². The molecular weight excluding hydrogens is 412 g/mol. The predicted octanol–water partition coefficient (Wildman–Crippen LogP) is 5.93. The zero-order valence-corrected chi connectivity index (χ0v) is 19.4. The Balaban J connectivity index is 1.63. The molecule has 1 N–H and O–H groups in total. The predicted molar refractivity (Wildman–Crippen MR) is 124 cm³/mol. The Morgan fingerprint density at radius 2 is 1.93 bits per heavy atom. The molecular formula is C23H24N4OS2. The lowest BCUT2D eigenvalue weighted by Gasteiger charge is -2.23. The molecule has 30 heavy (non-hydrogen) atoms. The highest BCUT2D eigenvalue weighted by Gasteiger charge is 2.34. The van der Waals surface area contributed by atoms with E-state index < -0.39 is 0 Å². The van der Waals surface area contributed by atoms with Crippen LogP contribution in [0.5, 0.6) is 0 Å². The summed E-state index contributed by atoms with van der Waals surface area (Å²) >= 11 is 3.40. The van der Waals surface area contributed by atoms with Crippen molar-refractivity contribution >= 4 is 44.6 Å². The van der Waals surface area contributed by atoms with Gasteiger partial charge >= 0.3 is 0 Å². The van der Waals surface area contributed by atoms with Crippen LogP contribution in [0, 0.1) is 13.8 Å². The molecule has 0 saturated heterocycles. The first-order valence-electron chi connectivity index (χ1n) is 10.1. The number of aryl methyl sites for hydroxylation is 2. The van der Waals surface area contributed by atoms with Gasteiger partial charge in [-0.25, -0.2) is 4.98 Å². The molecule has 1 aliphatic heterocycles. The van der Waals surface area contributed by atoms with E-state index in [0.717, 1.165) is 32.4 Å². The number of carbonyl (C=O) groups excluding carboxylic acids is 1. The van der Waals surface area contributed by atoms with E-state index in [0.29, 0.717) is 6.42 Å². The number of nitrogens with zero attached hydrogens (tertiary/aromatic N) is 3. The summed E-state index contributed by atoms with van der Waals surface area (Å²) in [6, 6.07) is 10.6. The summed E-state index contributed by atoms with van der Waals surface area (Å²) < 4.78 is 2.94. The fourth-order valence-corrected chi connectivity index (χ4v) is 6.18. The number of carbonyl (C=O) groups is 1. The average Bonchev–Trinajstić information content (AvgIpc) is 3.37. The molecule has 1 aliphatic rings. The van der Waals surface area contributed by atoms with Gasteiger partial charge in [0, 0.05) is 27.7 Å². The lowest BCUT2D eigenvalue weighted by atomic mass is 9.90. The SMILES string of the molecule is Cc1ccc2nc(-n3nc(C)c4c3NC(=O)C[C@@H]4c3ccc(C(C)(C)C)s3)sc2c1. The van der Waals surface area contributed by atoms with E-state index in [-0.39, 0.29) is 17.2 Å². The molecule has 7 heteroatoms. The van der Waals surface area contributed by atoms with Gasteiger partial charge in [0.05, 0.1) is 15.9 Å². The number of amides is 1. The summed E-state index contributed by atoms with van der Waals surface area (Å²) in [4.78, 5) is 20.0. The second kappa shape index (κ2) is 6.75. The highest BCUT2D eigenvalue weighted by Crippen LogP contribution is 2.44. The largest absolute Gasteiger partial charge is 0.310 e. The summed E-state index contributed by atoms with van der Waals surface area (Å²) in [6.07, 6.45) is 0.447. The zero-order valence-electron chi connectivity index (χ0n) is 17.7. The molecule has 0 radical (unpaired) electrons. The molecule has 154 valence electrons. The van der Waals surface area contributed by atoms with Crippen LogP contribution in [0.4, 0.5) is 5.82 Å². The van der Waals surface area contributed by atoms with E-state index >= 15 is 0 Å². The number of aromatic nitrogens is 3. The molecule has 0 fully saturated rings. The highest BCUT2D eigenvalue weighted by atomic mass is 32.1. The number of fused-ring (bicyclic) bond motifs is 2. The molecule has 3 aromatic heterocycles. The van der Waals surface area contributed by atoms with Gasteiger partial charge in [0.2, 0.25) is 11.0 Å². The van der Waals surface area contributed by atoms with Crippen molar-refractivity contribution in [2.24, 2.45) is 0 Å². The highest BCUT2D eigenvalue weighted by molar-refractivity contribution is 7.20. The summed E-state index contributed by atoms with van der Waals surface area (Å²) in [5, 5.41) is 8.65. The number of thiophene rings is 1. The topological polar surface area (TPSA) is 59.8 Å². The second-order valence-corrected chi connectivity index (χ2v) is 11.1. The molecule has 1 aromatic carbocycles. The van der Waals surface area contributed by atoms with Gasteiger partial charge in [-0.05, 0) is 49.1 Å². The van der Waals surface area contributed by atoms with Gasteiger partial charge < -0.3 is 5.32 Å². The van der Waals surface area contributed by atoms with Crippen LogP contribution in [0.3, 0.4) is 0 Å². The minimum absolute atomic E-state index is 0.0244. The van der Waals surface area contributed by atoms with Gasteiger partial charge in [-0.2, -0.15) is 9.78 Å². The van der Waals surface area contributed by atoms with Gasteiger partial charge in [0.25, 0.3) is 0 Å². The Kier molecular flexibility index (Phi) is 4.38. The second-order valence-electron chi connectivity index (χ2n) is 8.98. The van der Waals surface area contributed by atoms with Crippen molar-refractivity contribution in [3.05, 3.63) is 56.9 Å². The molecule has 0 spiro atoms. The smallest absolute Gasteiger partial charge is 0.226 e. The van der Waals surface area contributed by atoms with Gasteiger partial charge in [-0.1, -0.05) is 38.2 Å². The third-order valence-electron chi connectivity index (χ3n) is 5.53. The first kappa shape index (κ1) is 19.5. The molecule has 0 aliphatic carbocycles. The summed E-state index contributed by atoms with van der Waals surface area (Å²) in [5.41, 5.74) is 4.30. The van der Waals surface area contributed by atoms with Crippen LogP contribution in [-0.4, -0.2) is 20.7 Å². The lowest BCUT2D eigenvalue weighted by Crippen LogP contribution is -2.24. The summed E-state index contributed by atoms with van der Waals surface area (Å²) in [5.74, 6) is 0.812. The Morgan fingerprint density at radius 1 is 1.13 bits per heavy atom. The number of rotatable bonds is 2. The molecule has 4 aromatic rings. The van der Waals surface area contributed by atoms with Crippen molar-refractivity contribution in [1.82, 2.24) is 14.8 Å². The standard InChI is InChI=1S/C23H24N4OS2/c1-12-6-7-15-17(10-12)30-22(24-15)27-21-20(13(2)26-27)14(11-19(28)25-21)16-8-9-18(29-16)23(3,4)5/h6-10,14H,11H2,1-5H3,(H,25,28)/t14-/m1/s1. The molecule has 1 atom stereocenters. The van der Waals surface area contributed by atoms with E-state index in [9.17, 15) is 4.79 Å². The monoisotopic (exact) mass is 436 g/mol. The number of nitrogens with one attached hydrogen (secondary N) is 1. The molecule has 5 nitrogen and oxygen atoms in total. The van der Waals surface area contributed by atoms with Crippen LogP contribution in [0.15, 0.2) is 30.3 Å². The van der Waals surface area contributed by atoms with Crippen LogP contribution in [-0.2, 0) is 10.2 Å². The van der Waals surface area contributed by atoms with E-state index in [1.807, 2.05) is 17.7 Å². The maximum absolute atomic E-state index is 12.7. The van der Waals surface area contributed by atoms with E-state index in [1.54, 1.807) is 22.7 Å². The first-order valence-corrected chi connectivity index (χ1v) is 11.7. The van der Waals surface area contributed by atoms with Crippen LogP contribution < -0.4 is 5.32 Å². The van der Waals surface area contributed by atoms with Crippen LogP contribution in [0.1, 0.15) is 59.7 Å². The lowest BCUT2D eigenvalue weighted by molar-refractivity contribution is -0.116. The molecule has 0 unspecified atom stereocenters. The number of hydrogen-bond donors (Lipinski definition) is 1. The fourth-order valence-electron chi connectivity index (χ4n) is 3.98. The van der Waals surface area contributed by atoms with Crippen molar-refractivity contribution in [3.8, 4) is 5.13 Å². The van der Waals surface area contributed by atoms with Crippen molar-refractivity contribution in [2.45, 2.75) is 52.4 Å². The molecule has 5 rings (SSSR count). The first-order chi connectivity index (χ1) is 14.2. The number of thiazole rings is 1. The Bertz CT molecular complexity index is 1290. The molecule has 1 amide bonds. The average molecular weight is 437 g/mol. The van der Waals surface area contributed by atoms with E-state index in [1.165, 1.54) is 15.3 Å². The Morgan fingerprint density at radius 3 is 2.67 bits per heavy atom. The summed E-state index contributed by atoms with van der Waals surface area (Å²) in [7, 11) is 0. The number of hydrogen-bond acceptors (Lipinski definition) is 5. The molecule has 0 saturated carbocycles. The van der Waals surface area contributed by atoms with Crippen molar-refractivity contribution in [2.75, 3.05) is 5.32 Å². The minimum Gasteiger partial charge on any atom is -0.310 e. The van der Waals surface area contributed by atoms with Gasteiger partial charge in [0.15, 0.2) is 0 Å². The van der Waals surface area contributed by atoms with Crippen LogP contribution in [0.25, 0.3) is 15.3 Å². The van der Waals surface area contributed by atoms with Crippen molar-refractivity contribution in [3.63, 3.8) is 0 Å². The zero-order chi connectivity index (χ0) is 21.2. The minimum atomic E-state index is 0.0244. The Labute approximate surface area is 183 Å². The van der Waals surface area contributed by atoms with Crippen LogP contribution in [0.2, 0.25) is 0 Å².